The number of rotatable bonds is 9. The summed E-state index contributed by atoms with van der Waals surface area (Å²) >= 11 is 4.90. The van der Waals surface area contributed by atoms with Crippen molar-refractivity contribution < 1.29 is 0 Å². The lowest BCUT2D eigenvalue weighted by molar-refractivity contribution is 0.669. The summed E-state index contributed by atoms with van der Waals surface area (Å²) in [6, 6.07) is 10.6. The summed E-state index contributed by atoms with van der Waals surface area (Å²) in [5.74, 6) is 0. The van der Waals surface area contributed by atoms with Crippen LogP contribution in [0.25, 0.3) is 0 Å². The molecule has 0 unspecified atom stereocenters. The Bertz CT molecular complexity index is 338. The lowest BCUT2D eigenvalue weighted by Gasteiger charge is -2.24. The average molecular weight is 264 g/mol. The van der Waals surface area contributed by atoms with Crippen molar-refractivity contribution in [1.82, 2.24) is 0 Å². The Morgan fingerprint density at radius 3 is 2.39 bits per heavy atom. The summed E-state index contributed by atoms with van der Waals surface area (Å²) < 4.78 is 0. The Labute approximate surface area is 116 Å². The van der Waals surface area contributed by atoms with Crippen LogP contribution < -0.4 is 10.6 Å². The molecule has 0 saturated carbocycles. The number of para-hydroxylation sites is 1. The fourth-order valence-corrected chi connectivity index (χ4v) is 2.10. The van der Waals surface area contributed by atoms with Gasteiger partial charge >= 0.3 is 0 Å². The first-order chi connectivity index (χ1) is 8.74. The number of hydrogen-bond acceptors (Lipinski definition) is 2. The zero-order valence-corrected chi connectivity index (χ0v) is 12.1. The van der Waals surface area contributed by atoms with Gasteiger partial charge in [0.05, 0.1) is 4.99 Å². The molecular weight excluding hydrogens is 240 g/mol. The van der Waals surface area contributed by atoms with Gasteiger partial charge in [-0.1, -0.05) is 43.8 Å². The minimum absolute atomic E-state index is 0.634. The van der Waals surface area contributed by atoms with Crippen LogP contribution in [0.1, 0.15) is 39.0 Å². The van der Waals surface area contributed by atoms with Crippen molar-refractivity contribution in [3.8, 4) is 0 Å². The SMILES string of the molecule is CCCCN(CCCCC(N)=S)c1ccccc1. The number of nitrogens with zero attached hydrogens (tertiary/aromatic N) is 1. The number of anilines is 1. The zero-order valence-electron chi connectivity index (χ0n) is 11.3. The molecule has 18 heavy (non-hydrogen) atoms. The summed E-state index contributed by atoms with van der Waals surface area (Å²) in [5.41, 5.74) is 6.84. The van der Waals surface area contributed by atoms with E-state index in [4.69, 9.17) is 18.0 Å². The minimum Gasteiger partial charge on any atom is -0.393 e. The lowest BCUT2D eigenvalue weighted by atomic mass is 10.2. The molecule has 0 atom stereocenters. The molecule has 0 aliphatic carbocycles. The highest BCUT2D eigenvalue weighted by molar-refractivity contribution is 7.80. The third kappa shape index (κ3) is 6.01. The number of nitrogens with two attached hydrogens (primary N) is 1. The Hall–Kier alpha value is -1.09. The summed E-state index contributed by atoms with van der Waals surface area (Å²) in [5, 5.41) is 0. The second-order valence-corrected chi connectivity index (χ2v) is 5.12. The fraction of sp³-hybridized carbons (Fsp3) is 0.533. The number of benzene rings is 1. The van der Waals surface area contributed by atoms with E-state index in [9.17, 15) is 0 Å². The molecule has 2 N–H and O–H groups in total. The standard InChI is InChI=1S/C15H24N2S/c1-2-3-12-17(13-8-7-11-15(16)18)14-9-5-4-6-10-14/h4-6,9-10H,2-3,7-8,11-13H2,1H3,(H2,16,18). The predicted octanol–water partition coefficient (Wildman–Crippen LogP) is 3.75. The number of thiocarbonyl (C=S) groups is 1. The van der Waals surface area contributed by atoms with Crippen LogP contribution in [0.3, 0.4) is 0 Å². The number of hydrogen-bond donors (Lipinski definition) is 1. The van der Waals surface area contributed by atoms with Crippen LogP contribution in [0.15, 0.2) is 30.3 Å². The molecule has 0 saturated heterocycles. The van der Waals surface area contributed by atoms with Crippen LogP contribution in [0.4, 0.5) is 5.69 Å². The maximum atomic E-state index is 5.52. The predicted molar refractivity (Wildman–Crippen MR) is 84.2 cm³/mol. The molecule has 0 spiro atoms. The summed E-state index contributed by atoms with van der Waals surface area (Å²) in [7, 11) is 0. The normalized spacial score (nSPS) is 10.3. The van der Waals surface area contributed by atoms with Gasteiger partial charge in [0.25, 0.3) is 0 Å². The van der Waals surface area contributed by atoms with E-state index in [0.29, 0.717) is 4.99 Å². The average Bonchev–Trinajstić information content (AvgIpc) is 2.38. The van der Waals surface area contributed by atoms with Crippen LogP contribution >= 0.6 is 12.2 Å². The lowest BCUT2D eigenvalue weighted by Crippen LogP contribution is -2.25. The van der Waals surface area contributed by atoms with Crippen molar-refractivity contribution in [2.45, 2.75) is 39.0 Å². The summed E-state index contributed by atoms with van der Waals surface area (Å²) in [6.45, 7) is 4.45. The topological polar surface area (TPSA) is 29.3 Å². The highest BCUT2D eigenvalue weighted by Crippen LogP contribution is 2.15. The van der Waals surface area contributed by atoms with Crippen molar-refractivity contribution in [3.05, 3.63) is 30.3 Å². The Kier molecular flexibility index (Phi) is 7.42. The number of unbranched alkanes of at least 4 members (excludes halogenated alkanes) is 2. The molecule has 1 aromatic carbocycles. The summed E-state index contributed by atoms with van der Waals surface area (Å²) in [4.78, 5) is 3.10. The van der Waals surface area contributed by atoms with Gasteiger partial charge in [0.2, 0.25) is 0 Å². The molecule has 100 valence electrons. The third-order valence-corrected chi connectivity index (χ3v) is 3.21. The first kappa shape index (κ1) is 15.0. The smallest absolute Gasteiger partial charge is 0.0727 e. The van der Waals surface area contributed by atoms with Crippen LogP contribution in [-0.2, 0) is 0 Å². The van der Waals surface area contributed by atoms with Gasteiger partial charge in [-0.2, -0.15) is 0 Å². The summed E-state index contributed by atoms with van der Waals surface area (Å²) in [6.07, 6.45) is 5.58. The van der Waals surface area contributed by atoms with E-state index < -0.39 is 0 Å². The zero-order chi connectivity index (χ0) is 13.2. The first-order valence-corrected chi connectivity index (χ1v) is 7.23. The molecule has 0 aromatic heterocycles. The van der Waals surface area contributed by atoms with E-state index in [0.717, 1.165) is 32.4 Å². The maximum absolute atomic E-state index is 5.52. The second kappa shape index (κ2) is 8.92. The molecule has 0 bridgehead atoms. The van der Waals surface area contributed by atoms with Gasteiger partial charge in [0.15, 0.2) is 0 Å². The van der Waals surface area contributed by atoms with Crippen molar-refractivity contribution in [1.29, 1.82) is 0 Å². The quantitative estimate of drug-likeness (QED) is 0.544. The van der Waals surface area contributed by atoms with E-state index in [1.165, 1.54) is 18.5 Å². The van der Waals surface area contributed by atoms with Gasteiger partial charge in [-0.3, -0.25) is 0 Å². The van der Waals surface area contributed by atoms with Gasteiger partial charge in [0, 0.05) is 18.8 Å². The third-order valence-electron chi connectivity index (χ3n) is 3.00. The molecule has 0 aliphatic rings. The van der Waals surface area contributed by atoms with E-state index in [1.54, 1.807) is 0 Å². The molecule has 0 fully saturated rings. The highest BCUT2D eigenvalue weighted by Gasteiger charge is 2.05. The molecule has 3 heteroatoms. The molecule has 1 rings (SSSR count). The minimum atomic E-state index is 0.634. The Morgan fingerprint density at radius 2 is 1.78 bits per heavy atom. The first-order valence-electron chi connectivity index (χ1n) is 6.82. The second-order valence-electron chi connectivity index (χ2n) is 4.60. The van der Waals surface area contributed by atoms with Crippen LogP contribution in [0.5, 0.6) is 0 Å². The monoisotopic (exact) mass is 264 g/mol. The van der Waals surface area contributed by atoms with Crippen molar-refractivity contribution in [2.24, 2.45) is 5.73 Å². The molecule has 1 aromatic rings. The van der Waals surface area contributed by atoms with E-state index in [2.05, 4.69) is 42.2 Å². The van der Waals surface area contributed by atoms with Crippen LogP contribution in [0, 0.1) is 0 Å². The van der Waals surface area contributed by atoms with Crippen molar-refractivity contribution in [2.75, 3.05) is 18.0 Å². The molecular formula is C15H24N2S. The Morgan fingerprint density at radius 1 is 1.11 bits per heavy atom. The molecule has 0 amide bonds. The van der Waals surface area contributed by atoms with E-state index in [1.807, 2.05) is 0 Å². The fourth-order valence-electron chi connectivity index (χ4n) is 1.96. The maximum Gasteiger partial charge on any atom is 0.0727 e. The molecule has 0 aliphatic heterocycles. The molecule has 2 nitrogen and oxygen atoms in total. The van der Waals surface area contributed by atoms with Gasteiger partial charge in [-0.25, -0.2) is 0 Å². The molecule has 0 radical (unpaired) electrons. The van der Waals surface area contributed by atoms with Gasteiger partial charge in [-0.15, -0.1) is 0 Å². The Balaban J connectivity index is 2.43. The van der Waals surface area contributed by atoms with E-state index >= 15 is 0 Å². The van der Waals surface area contributed by atoms with Gasteiger partial charge < -0.3 is 10.6 Å². The van der Waals surface area contributed by atoms with Crippen LogP contribution in [0.2, 0.25) is 0 Å². The van der Waals surface area contributed by atoms with Crippen LogP contribution in [-0.4, -0.2) is 18.1 Å². The van der Waals surface area contributed by atoms with E-state index in [-0.39, 0.29) is 0 Å². The molecule has 0 heterocycles. The van der Waals surface area contributed by atoms with Crippen molar-refractivity contribution >= 4 is 22.9 Å². The van der Waals surface area contributed by atoms with Gasteiger partial charge in [-0.05, 0) is 37.8 Å². The highest BCUT2D eigenvalue weighted by atomic mass is 32.1. The van der Waals surface area contributed by atoms with Crippen molar-refractivity contribution in [3.63, 3.8) is 0 Å². The van der Waals surface area contributed by atoms with Gasteiger partial charge in [0.1, 0.15) is 0 Å². The largest absolute Gasteiger partial charge is 0.393 e.